The van der Waals surface area contributed by atoms with Crippen LogP contribution in [0.3, 0.4) is 0 Å². The van der Waals surface area contributed by atoms with Gasteiger partial charge in [-0.15, -0.1) is 0 Å². The van der Waals surface area contributed by atoms with Gasteiger partial charge < -0.3 is 15.1 Å². The third-order valence-corrected chi connectivity index (χ3v) is 5.04. The number of nitrogens with zero attached hydrogens (tertiary/aromatic N) is 2. The first kappa shape index (κ1) is 20.8. The first-order chi connectivity index (χ1) is 13.9. The second-order valence-electron chi connectivity index (χ2n) is 7.31. The van der Waals surface area contributed by atoms with Crippen LogP contribution in [0, 0.1) is 11.6 Å². The van der Waals surface area contributed by atoms with E-state index in [1.54, 1.807) is 19.2 Å². The Labute approximate surface area is 169 Å². The molecule has 0 atom stereocenters. The molecule has 0 bridgehead atoms. The van der Waals surface area contributed by atoms with Crippen molar-refractivity contribution in [1.82, 2.24) is 15.1 Å². The van der Waals surface area contributed by atoms with Crippen LogP contribution in [0.1, 0.15) is 40.7 Å². The first-order valence-electron chi connectivity index (χ1n) is 9.75. The van der Waals surface area contributed by atoms with Gasteiger partial charge in [0.25, 0.3) is 5.91 Å². The maximum Gasteiger partial charge on any atom is 0.317 e. The minimum atomic E-state index is -0.935. The van der Waals surface area contributed by atoms with Gasteiger partial charge in [0.1, 0.15) is 0 Å². The molecule has 1 heterocycles. The summed E-state index contributed by atoms with van der Waals surface area (Å²) in [7, 11) is 1.58. The molecule has 0 saturated carbocycles. The highest BCUT2D eigenvalue weighted by Gasteiger charge is 2.18. The summed E-state index contributed by atoms with van der Waals surface area (Å²) in [5.74, 6) is -1.80. The van der Waals surface area contributed by atoms with Crippen LogP contribution in [0.5, 0.6) is 0 Å². The van der Waals surface area contributed by atoms with Crippen LogP contribution in [-0.2, 0) is 13.1 Å². The number of hydrogen-bond acceptors (Lipinski definition) is 2. The molecular weight excluding hydrogens is 376 g/mol. The van der Waals surface area contributed by atoms with E-state index in [9.17, 15) is 18.4 Å². The molecule has 1 aliphatic heterocycles. The van der Waals surface area contributed by atoms with E-state index in [0.717, 1.165) is 43.6 Å². The fourth-order valence-corrected chi connectivity index (χ4v) is 3.34. The van der Waals surface area contributed by atoms with Gasteiger partial charge in [-0.05, 0) is 54.7 Å². The number of nitrogens with one attached hydrogen (secondary N) is 1. The zero-order valence-corrected chi connectivity index (χ0v) is 16.5. The predicted octanol–water partition coefficient (Wildman–Crippen LogP) is 3.93. The molecule has 0 aromatic heterocycles. The SMILES string of the molecule is CN(Cc1ccc(F)c(F)c1)C(=O)NCc1ccc(C(=O)N2CCCCC2)cc1. The minimum Gasteiger partial charge on any atom is -0.339 e. The number of benzene rings is 2. The highest BCUT2D eigenvalue weighted by Crippen LogP contribution is 2.14. The third kappa shape index (κ3) is 5.53. The average molecular weight is 401 g/mol. The normalized spacial score (nSPS) is 13.8. The summed E-state index contributed by atoms with van der Waals surface area (Å²) in [6, 6.07) is 10.5. The molecule has 1 fully saturated rings. The molecule has 7 heteroatoms. The van der Waals surface area contributed by atoms with Gasteiger partial charge >= 0.3 is 6.03 Å². The fraction of sp³-hybridized carbons (Fsp3) is 0.364. The molecule has 0 aliphatic carbocycles. The first-order valence-corrected chi connectivity index (χ1v) is 9.75. The number of likely N-dealkylation sites (tertiary alicyclic amines) is 1. The predicted molar refractivity (Wildman–Crippen MR) is 106 cm³/mol. The van der Waals surface area contributed by atoms with Crippen molar-refractivity contribution in [3.8, 4) is 0 Å². The van der Waals surface area contributed by atoms with Gasteiger partial charge in [0, 0.05) is 38.8 Å². The van der Waals surface area contributed by atoms with Crippen molar-refractivity contribution in [2.45, 2.75) is 32.4 Å². The van der Waals surface area contributed by atoms with Gasteiger partial charge in [-0.2, -0.15) is 0 Å². The number of halogens is 2. The Morgan fingerprint density at radius 2 is 1.62 bits per heavy atom. The molecule has 0 radical (unpaired) electrons. The number of carbonyl (C=O) groups is 2. The molecule has 0 unspecified atom stereocenters. The lowest BCUT2D eigenvalue weighted by Crippen LogP contribution is -2.36. The zero-order chi connectivity index (χ0) is 20.8. The van der Waals surface area contributed by atoms with E-state index < -0.39 is 11.6 Å². The topological polar surface area (TPSA) is 52.7 Å². The fourth-order valence-electron chi connectivity index (χ4n) is 3.34. The summed E-state index contributed by atoms with van der Waals surface area (Å²) in [4.78, 5) is 28.0. The summed E-state index contributed by atoms with van der Waals surface area (Å²) in [6.07, 6.45) is 3.27. The van der Waals surface area contributed by atoms with E-state index >= 15 is 0 Å². The smallest absolute Gasteiger partial charge is 0.317 e. The van der Waals surface area contributed by atoms with Crippen LogP contribution < -0.4 is 5.32 Å². The number of rotatable bonds is 5. The van der Waals surface area contributed by atoms with E-state index in [-0.39, 0.29) is 18.5 Å². The van der Waals surface area contributed by atoms with E-state index in [4.69, 9.17) is 0 Å². The molecule has 1 N–H and O–H groups in total. The van der Waals surface area contributed by atoms with Crippen molar-refractivity contribution in [2.75, 3.05) is 20.1 Å². The Bertz CT molecular complexity index is 865. The molecule has 0 spiro atoms. The van der Waals surface area contributed by atoms with Gasteiger partial charge in [0.15, 0.2) is 11.6 Å². The van der Waals surface area contributed by atoms with Crippen LogP contribution in [0.4, 0.5) is 13.6 Å². The van der Waals surface area contributed by atoms with Crippen LogP contribution >= 0.6 is 0 Å². The summed E-state index contributed by atoms with van der Waals surface area (Å²) in [5.41, 5.74) is 2.02. The number of amides is 3. The molecule has 29 heavy (non-hydrogen) atoms. The largest absolute Gasteiger partial charge is 0.339 e. The van der Waals surface area contributed by atoms with E-state index in [1.165, 1.54) is 17.4 Å². The Balaban J connectivity index is 1.50. The van der Waals surface area contributed by atoms with Crippen LogP contribution in [-0.4, -0.2) is 41.9 Å². The number of hydrogen-bond donors (Lipinski definition) is 1. The highest BCUT2D eigenvalue weighted by molar-refractivity contribution is 5.94. The maximum atomic E-state index is 13.3. The highest BCUT2D eigenvalue weighted by atomic mass is 19.2. The zero-order valence-electron chi connectivity index (χ0n) is 16.5. The minimum absolute atomic E-state index is 0.0477. The summed E-state index contributed by atoms with van der Waals surface area (Å²) >= 11 is 0. The Kier molecular flexibility index (Phi) is 6.80. The van der Waals surface area contributed by atoms with Gasteiger partial charge in [0.2, 0.25) is 0 Å². The third-order valence-electron chi connectivity index (χ3n) is 5.04. The van der Waals surface area contributed by atoms with Crippen LogP contribution in [0.25, 0.3) is 0 Å². The summed E-state index contributed by atoms with van der Waals surface area (Å²) in [6.45, 7) is 2.08. The number of urea groups is 1. The van der Waals surface area contributed by atoms with E-state index in [1.807, 2.05) is 17.0 Å². The summed E-state index contributed by atoms with van der Waals surface area (Å²) < 4.78 is 26.3. The van der Waals surface area contributed by atoms with Gasteiger partial charge in [-0.1, -0.05) is 18.2 Å². The van der Waals surface area contributed by atoms with Crippen molar-refractivity contribution >= 4 is 11.9 Å². The van der Waals surface area contributed by atoms with E-state index in [2.05, 4.69) is 5.32 Å². The molecule has 3 rings (SSSR count). The molecule has 1 aliphatic rings. The monoisotopic (exact) mass is 401 g/mol. The van der Waals surface area contributed by atoms with Crippen molar-refractivity contribution in [2.24, 2.45) is 0 Å². The standard InChI is InChI=1S/C22H25F2N3O2/c1-26(15-17-7-10-19(23)20(24)13-17)22(29)25-14-16-5-8-18(9-6-16)21(28)27-11-3-2-4-12-27/h5-10,13H,2-4,11-12,14-15H2,1H3,(H,25,29). The molecule has 2 aromatic rings. The van der Waals surface area contributed by atoms with Crippen LogP contribution in [0.2, 0.25) is 0 Å². The van der Waals surface area contributed by atoms with Crippen molar-refractivity contribution in [3.05, 3.63) is 70.8 Å². The quantitative estimate of drug-likeness (QED) is 0.825. The second-order valence-corrected chi connectivity index (χ2v) is 7.31. The average Bonchev–Trinajstić information content (AvgIpc) is 2.75. The van der Waals surface area contributed by atoms with Gasteiger partial charge in [0.05, 0.1) is 0 Å². The lowest BCUT2D eigenvalue weighted by molar-refractivity contribution is 0.0724. The molecule has 1 saturated heterocycles. The van der Waals surface area contributed by atoms with Crippen molar-refractivity contribution in [3.63, 3.8) is 0 Å². The Hall–Kier alpha value is -2.96. The number of piperidine rings is 1. The maximum absolute atomic E-state index is 13.3. The van der Waals surface area contributed by atoms with E-state index in [0.29, 0.717) is 17.7 Å². The van der Waals surface area contributed by atoms with Gasteiger partial charge in [-0.25, -0.2) is 13.6 Å². The molecular formula is C22H25F2N3O2. The Morgan fingerprint density at radius 3 is 2.28 bits per heavy atom. The lowest BCUT2D eigenvalue weighted by Gasteiger charge is -2.26. The molecule has 5 nitrogen and oxygen atoms in total. The molecule has 154 valence electrons. The number of carbonyl (C=O) groups excluding carboxylic acids is 2. The lowest BCUT2D eigenvalue weighted by atomic mass is 10.1. The molecule has 2 aromatic carbocycles. The second kappa shape index (κ2) is 9.49. The van der Waals surface area contributed by atoms with Crippen molar-refractivity contribution < 1.29 is 18.4 Å². The Morgan fingerprint density at radius 1 is 0.966 bits per heavy atom. The van der Waals surface area contributed by atoms with Crippen LogP contribution in [0.15, 0.2) is 42.5 Å². The molecule has 3 amide bonds. The summed E-state index contributed by atoms with van der Waals surface area (Å²) in [5, 5.41) is 2.78. The van der Waals surface area contributed by atoms with Gasteiger partial charge in [-0.3, -0.25) is 4.79 Å². The van der Waals surface area contributed by atoms with Crippen molar-refractivity contribution in [1.29, 1.82) is 0 Å².